The number of nitrogens with zero attached hydrogens (tertiary/aromatic N) is 1. The highest BCUT2D eigenvalue weighted by Gasteiger charge is 2.37. The molecule has 0 atom stereocenters. The van der Waals surface area contributed by atoms with Crippen molar-refractivity contribution in [3.05, 3.63) is 24.3 Å². The predicted octanol–water partition coefficient (Wildman–Crippen LogP) is 1.58. The van der Waals surface area contributed by atoms with Crippen LogP contribution in [0.2, 0.25) is 0 Å². The van der Waals surface area contributed by atoms with Gasteiger partial charge in [0.25, 0.3) is 0 Å². The van der Waals surface area contributed by atoms with Crippen LogP contribution in [0.4, 0.5) is 5.69 Å². The Kier molecular flexibility index (Phi) is 3.67. The molecule has 0 saturated carbocycles. The van der Waals surface area contributed by atoms with Crippen LogP contribution in [0.25, 0.3) is 0 Å². The highest BCUT2D eigenvalue weighted by Crippen LogP contribution is 2.28. The van der Waals surface area contributed by atoms with Crippen LogP contribution in [0, 0.1) is 11.3 Å². The molecule has 1 aliphatic rings. The average Bonchev–Trinajstić information content (AvgIpc) is 2.42. The minimum absolute atomic E-state index is 0.0592. The molecule has 1 fully saturated rings. The van der Waals surface area contributed by atoms with Gasteiger partial charge in [0.05, 0.1) is 24.7 Å². The number of hydrogen-bond donors (Lipinski definition) is 1. The lowest BCUT2D eigenvalue weighted by Gasteiger charge is -2.32. The fourth-order valence-electron chi connectivity index (χ4n) is 2.10. The van der Waals surface area contributed by atoms with E-state index in [0.29, 0.717) is 12.8 Å². The van der Waals surface area contributed by atoms with Crippen molar-refractivity contribution >= 4 is 15.5 Å². The Morgan fingerprint density at radius 1 is 1.26 bits per heavy atom. The maximum Gasteiger partial charge on any atom is 0.150 e. The molecule has 1 N–H and O–H groups in total. The summed E-state index contributed by atoms with van der Waals surface area (Å²) in [5.74, 6) is 0.857. The third kappa shape index (κ3) is 3.18. The Bertz CT molecular complexity index is 573. The van der Waals surface area contributed by atoms with Crippen molar-refractivity contribution in [2.24, 2.45) is 0 Å². The van der Waals surface area contributed by atoms with Gasteiger partial charge in [0.1, 0.15) is 11.3 Å². The van der Waals surface area contributed by atoms with Crippen LogP contribution in [0.1, 0.15) is 12.8 Å². The van der Waals surface area contributed by atoms with E-state index in [1.807, 2.05) is 12.1 Å². The number of sulfone groups is 1. The van der Waals surface area contributed by atoms with Gasteiger partial charge in [-0.25, -0.2) is 8.42 Å². The minimum atomic E-state index is -2.98. The zero-order chi connectivity index (χ0) is 13.9. The Hall–Kier alpha value is -1.74. The first-order valence-corrected chi connectivity index (χ1v) is 7.85. The van der Waals surface area contributed by atoms with Gasteiger partial charge in [-0.15, -0.1) is 0 Å². The molecule has 19 heavy (non-hydrogen) atoms. The zero-order valence-electron chi connectivity index (χ0n) is 10.7. The molecule has 0 spiro atoms. The quantitative estimate of drug-likeness (QED) is 0.909. The number of benzene rings is 1. The molecule has 0 aromatic heterocycles. The maximum absolute atomic E-state index is 11.4. The normalized spacial score (nSPS) is 20.2. The summed E-state index contributed by atoms with van der Waals surface area (Å²) in [6.45, 7) is 0. The highest BCUT2D eigenvalue weighted by molar-refractivity contribution is 7.91. The third-order valence-corrected chi connectivity index (χ3v) is 5.02. The first-order valence-electron chi connectivity index (χ1n) is 6.03. The second kappa shape index (κ2) is 5.10. The van der Waals surface area contributed by atoms with E-state index in [2.05, 4.69) is 11.4 Å². The largest absolute Gasteiger partial charge is 0.497 e. The molecule has 0 amide bonds. The zero-order valence-corrected chi connectivity index (χ0v) is 11.5. The van der Waals surface area contributed by atoms with Crippen LogP contribution in [0.15, 0.2) is 24.3 Å². The van der Waals surface area contributed by atoms with E-state index in [1.165, 1.54) is 0 Å². The topological polar surface area (TPSA) is 79.2 Å². The molecular weight excluding hydrogens is 264 g/mol. The number of anilines is 1. The second-order valence-corrected chi connectivity index (χ2v) is 7.00. The fraction of sp³-hybridized carbons (Fsp3) is 0.462. The summed E-state index contributed by atoms with van der Waals surface area (Å²) in [7, 11) is -1.39. The van der Waals surface area contributed by atoms with Crippen molar-refractivity contribution in [1.82, 2.24) is 0 Å². The average molecular weight is 280 g/mol. The van der Waals surface area contributed by atoms with E-state index in [9.17, 15) is 13.7 Å². The number of methoxy groups -OCH3 is 1. The molecule has 102 valence electrons. The first kappa shape index (κ1) is 13.7. The van der Waals surface area contributed by atoms with Gasteiger partial charge in [0.15, 0.2) is 9.84 Å². The lowest BCUT2D eigenvalue weighted by Crippen LogP contribution is -2.44. The van der Waals surface area contributed by atoms with Gasteiger partial charge in [0.2, 0.25) is 0 Å². The predicted molar refractivity (Wildman–Crippen MR) is 72.8 cm³/mol. The summed E-state index contributed by atoms with van der Waals surface area (Å²) in [6, 6.07) is 9.46. The molecule has 1 heterocycles. The van der Waals surface area contributed by atoms with Crippen molar-refractivity contribution < 1.29 is 13.2 Å². The fourth-order valence-corrected chi connectivity index (χ4v) is 3.62. The summed E-state index contributed by atoms with van der Waals surface area (Å²) in [4.78, 5) is 0. The Labute approximate surface area is 113 Å². The Balaban J connectivity index is 2.13. The van der Waals surface area contributed by atoms with E-state index in [4.69, 9.17) is 4.74 Å². The minimum Gasteiger partial charge on any atom is -0.497 e. The van der Waals surface area contributed by atoms with Crippen molar-refractivity contribution in [3.63, 3.8) is 0 Å². The molecule has 0 unspecified atom stereocenters. The molecule has 1 aliphatic heterocycles. The van der Waals surface area contributed by atoms with Gasteiger partial charge >= 0.3 is 0 Å². The summed E-state index contributed by atoms with van der Waals surface area (Å²) >= 11 is 0. The molecule has 6 heteroatoms. The van der Waals surface area contributed by atoms with Gasteiger partial charge in [0, 0.05) is 5.69 Å². The summed E-state index contributed by atoms with van der Waals surface area (Å²) in [6.07, 6.45) is 0.635. The Morgan fingerprint density at radius 2 is 1.84 bits per heavy atom. The monoisotopic (exact) mass is 280 g/mol. The van der Waals surface area contributed by atoms with Crippen LogP contribution in [-0.2, 0) is 9.84 Å². The van der Waals surface area contributed by atoms with Crippen LogP contribution in [0.5, 0.6) is 5.75 Å². The lowest BCUT2D eigenvalue weighted by atomic mass is 9.93. The molecular formula is C13H16N2O3S. The number of nitriles is 1. The van der Waals surface area contributed by atoms with Gasteiger partial charge in [-0.05, 0) is 37.1 Å². The van der Waals surface area contributed by atoms with Crippen LogP contribution >= 0.6 is 0 Å². The molecule has 5 nitrogen and oxygen atoms in total. The maximum atomic E-state index is 11.4. The molecule has 2 rings (SSSR count). The van der Waals surface area contributed by atoms with Crippen LogP contribution < -0.4 is 10.1 Å². The third-order valence-electron chi connectivity index (χ3n) is 3.37. The lowest BCUT2D eigenvalue weighted by molar-refractivity contribution is 0.415. The van der Waals surface area contributed by atoms with Gasteiger partial charge < -0.3 is 10.1 Å². The van der Waals surface area contributed by atoms with E-state index in [0.717, 1.165) is 11.4 Å². The molecule has 0 bridgehead atoms. The summed E-state index contributed by atoms with van der Waals surface area (Å²) in [5.41, 5.74) is 0.00144. The van der Waals surface area contributed by atoms with Gasteiger partial charge in [-0.1, -0.05) is 0 Å². The SMILES string of the molecule is COc1ccc(NC2(C#N)CCS(=O)(=O)CC2)cc1. The first-order chi connectivity index (χ1) is 8.99. The smallest absolute Gasteiger partial charge is 0.150 e. The number of rotatable bonds is 3. The van der Waals surface area contributed by atoms with E-state index in [1.54, 1.807) is 19.2 Å². The highest BCUT2D eigenvalue weighted by atomic mass is 32.2. The van der Waals surface area contributed by atoms with E-state index >= 15 is 0 Å². The Morgan fingerprint density at radius 3 is 2.32 bits per heavy atom. The van der Waals surface area contributed by atoms with Gasteiger partial charge in [-0.2, -0.15) is 5.26 Å². The molecule has 1 saturated heterocycles. The van der Waals surface area contributed by atoms with E-state index in [-0.39, 0.29) is 11.5 Å². The molecule has 1 aromatic carbocycles. The number of nitrogens with one attached hydrogen (secondary N) is 1. The van der Waals surface area contributed by atoms with Gasteiger partial charge in [-0.3, -0.25) is 0 Å². The van der Waals surface area contributed by atoms with Crippen molar-refractivity contribution in [2.45, 2.75) is 18.4 Å². The molecule has 0 aliphatic carbocycles. The van der Waals surface area contributed by atoms with Crippen molar-refractivity contribution in [2.75, 3.05) is 23.9 Å². The number of hydrogen-bond acceptors (Lipinski definition) is 5. The standard InChI is InChI=1S/C13H16N2O3S/c1-18-12-4-2-11(3-5-12)15-13(10-14)6-8-19(16,17)9-7-13/h2-5,15H,6-9H2,1H3. The molecule has 0 radical (unpaired) electrons. The molecule has 1 aromatic rings. The van der Waals surface area contributed by atoms with E-state index < -0.39 is 15.4 Å². The van der Waals surface area contributed by atoms with Crippen LogP contribution in [-0.4, -0.2) is 32.6 Å². The second-order valence-electron chi connectivity index (χ2n) is 4.70. The van der Waals surface area contributed by atoms with Crippen molar-refractivity contribution in [1.29, 1.82) is 5.26 Å². The number of ether oxygens (including phenoxy) is 1. The van der Waals surface area contributed by atoms with Crippen LogP contribution in [0.3, 0.4) is 0 Å². The summed E-state index contributed by atoms with van der Waals surface area (Å²) < 4.78 is 27.9. The van der Waals surface area contributed by atoms with Crippen molar-refractivity contribution in [3.8, 4) is 11.8 Å². The summed E-state index contributed by atoms with van der Waals surface area (Å²) in [5, 5.41) is 12.5.